The Hall–Kier alpha value is -2.10. The molecule has 1 heterocycles. The second kappa shape index (κ2) is 4.82. The summed E-state index contributed by atoms with van der Waals surface area (Å²) in [6.45, 7) is 3.93. The Bertz CT molecular complexity index is 558. The third-order valence-electron chi connectivity index (χ3n) is 2.35. The molecule has 0 aliphatic carbocycles. The molecule has 0 bridgehead atoms. The summed E-state index contributed by atoms with van der Waals surface area (Å²) in [6, 6.07) is 8.94. The predicted octanol–water partition coefficient (Wildman–Crippen LogP) is 2.43. The molecule has 2 aromatic rings. The van der Waals surface area contributed by atoms with Crippen LogP contribution in [0, 0.1) is 6.92 Å². The third kappa shape index (κ3) is 2.93. The van der Waals surface area contributed by atoms with Gasteiger partial charge < -0.3 is 9.72 Å². The summed E-state index contributed by atoms with van der Waals surface area (Å²) in [5.41, 5.74) is 0.962. The standard InChI is InChI=1S/C13H14N2O2/c1-3-11-14-12(16)8-13(15-11)17-10-6-4-9(2)5-7-10/h4-8H,3H2,1-2H3,(H,14,15,16). The van der Waals surface area contributed by atoms with Gasteiger partial charge in [-0.1, -0.05) is 24.6 Å². The van der Waals surface area contributed by atoms with Gasteiger partial charge in [-0.3, -0.25) is 4.79 Å². The first-order valence-corrected chi connectivity index (χ1v) is 5.52. The van der Waals surface area contributed by atoms with Gasteiger partial charge in [-0.05, 0) is 19.1 Å². The molecule has 17 heavy (non-hydrogen) atoms. The van der Waals surface area contributed by atoms with Crippen LogP contribution in [-0.2, 0) is 6.42 Å². The van der Waals surface area contributed by atoms with Gasteiger partial charge in [0.2, 0.25) is 5.88 Å². The molecule has 0 aliphatic heterocycles. The summed E-state index contributed by atoms with van der Waals surface area (Å²) in [5.74, 6) is 1.63. The van der Waals surface area contributed by atoms with Gasteiger partial charge in [-0.15, -0.1) is 0 Å². The number of H-pyrrole nitrogens is 1. The minimum Gasteiger partial charge on any atom is -0.439 e. The highest BCUT2D eigenvalue weighted by molar-refractivity contribution is 5.29. The van der Waals surface area contributed by atoms with E-state index < -0.39 is 0 Å². The lowest BCUT2D eigenvalue weighted by Gasteiger charge is -2.05. The molecule has 1 aromatic heterocycles. The van der Waals surface area contributed by atoms with Crippen molar-refractivity contribution in [1.29, 1.82) is 0 Å². The molecule has 4 nitrogen and oxygen atoms in total. The van der Waals surface area contributed by atoms with Crippen LogP contribution < -0.4 is 10.3 Å². The van der Waals surface area contributed by atoms with Crippen LogP contribution in [0.2, 0.25) is 0 Å². The summed E-state index contributed by atoms with van der Waals surface area (Å²) in [7, 11) is 0. The van der Waals surface area contributed by atoms with Gasteiger partial charge in [-0.2, -0.15) is 4.98 Å². The summed E-state index contributed by atoms with van der Waals surface area (Å²) < 4.78 is 5.53. The van der Waals surface area contributed by atoms with Crippen molar-refractivity contribution in [2.45, 2.75) is 20.3 Å². The largest absolute Gasteiger partial charge is 0.439 e. The zero-order valence-electron chi connectivity index (χ0n) is 9.86. The maximum atomic E-state index is 11.3. The molecule has 0 amide bonds. The Labute approximate surface area is 99.3 Å². The van der Waals surface area contributed by atoms with E-state index in [-0.39, 0.29) is 5.56 Å². The molecule has 0 atom stereocenters. The SMILES string of the molecule is CCc1nc(Oc2ccc(C)cc2)cc(=O)[nH]1. The minimum absolute atomic E-state index is 0.195. The zero-order chi connectivity index (χ0) is 12.3. The summed E-state index contributed by atoms with van der Waals surface area (Å²) in [4.78, 5) is 18.2. The van der Waals surface area contributed by atoms with Gasteiger partial charge in [0.1, 0.15) is 11.6 Å². The van der Waals surface area contributed by atoms with Crippen LogP contribution in [0.4, 0.5) is 0 Å². The van der Waals surface area contributed by atoms with Crippen molar-refractivity contribution in [2.75, 3.05) is 0 Å². The van der Waals surface area contributed by atoms with Crippen molar-refractivity contribution in [2.24, 2.45) is 0 Å². The monoisotopic (exact) mass is 230 g/mol. The van der Waals surface area contributed by atoms with E-state index in [4.69, 9.17) is 4.74 Å². The Kier molecular flexibility index (Phi) is 3.23. The van der Waals surface area contributed by atoms with E-state index in [1.54, 1.807) is 0 Å². The summed E-state index contributed by atoms with van der Waals surface area (Å²) >= 11 is 0. The maximum absolute atomic E-state index is 11.3. The van der Waals surface area contributed by atoms with Crippen LogP contribution in [-0.4, -0.2) is 9.97 Å². The molecule has 0 radical (unpaired) electrons. The topological polar surface area (TPSA) is 55.0 Å². The highest BCUT2D eigenvalue weighted by atomic mass is 16.5. The molecule has 0 saturated carbocycles. The summed E-state index contributed by atoms with van der Waals surface area (Å²) in [5, 5.41) is 0. The Morgan fingerprint density at radius 2 is 2.00 bits per heavy atom. The molecule has 88 valence electrons. The quantitative estimate of drug-likeness (QED) is 0.881. The number of rotatable bonds is 3. The van der Waals surface area contributed by atoms with Crippen molar-refractivity contribution >= 4 is 0 Å². The number of aromatic amines is 1. The Balaban J connectivity index is 2.26. The van der Waals surface area contributed by atoms with Gasteiger partial charge in [0.25, 0.3) is 5.56 Å². The van der Waals surface area contributed by atoms with Crippen LogP contribution in [0.3, 0.4) is 0 Å². The second-order valence-electron chi connectivity index (χ2n) is 3.80. The van der Waals surface area contributed by atoms with Crippen molar-refractivity contribution in [3.05, 3.63) is 52.1 Å². The fourth-order valence-corrected chi connectivity index (χ4v) is 1.43. The van der Waals surface area contributed by atoms with E-state index in [0.29, 0.717) is 23.9 Å². The minimum atomic E-state index is -0.195. The van der Waals surface area contributed by atoms with Gasteiger partial charge in [0.15, 0.2) is 0 Å². The molecule has 1 aromatic carbocycles. The van der Waals surface area contributed by atoms with E-state index in [2.05, 4.69) is 9.97 Å². The van der Waals surface area contributed by atoms with Crippen LogP contribution in [0.1, 0.15) is 18.3 Å². The first kappa shape index (κ1) is 11.4. The number of hydrogen-bond acceptors (Lipinski definition) is 3. The first-order chi connectivity index (χ1) is 8.17. The molecule has 0 saturated heterocycles. The van der Waals surface area contributed by atoms with E-state index in [9.17, 15) is 4.79 Å². The zero-order valence-corrected chi connectivity index (χ0v) is 9.86. The molecule has 0 fully saturated rings. The van der Waals surface area contributed by atoms with Gasteiger partial charge in [0.05, 0.1) is 6.07 Å². The highest BCUT2D eigenvalue weighted by Gasteiger charge is 2.02. The molecule has 0 unspecified atom stereocenters. The average molecular weight is 230 g/mol. The second-order valence-corrected chi connectivity index (χ2v) is 3.80. The van der Waals surface area contributed by atoms with Crippen molar-refractivity contribution in [3.63, 3.8) is 0 Å². The number of ether oxygens (including phenoxy) is 1. The van der Waals surface area contributed by atoms with Crippen molar-refractivity contribution in [3.8, 4) is 11.6 Å². The smallest absolute Gasteiger partial charge is 0.254 e. The Morgan fingerprint density at radius 3 is 2.65 bits per heavy atom. The first-order valence-electron chi connectivity index (χ1n) is 5.52. The lowest BCUT2D eigenvalue weighted by molar-refractivity contribution is 0.457. The van der Waals surface area contributed by atoms with Crippen LogP contribution in [0.25, 0.3) is 0 Å². The molecule has 1 N–H and O–H groups in total. The van der Waals surface area contributed by atoms with Gasteiger partial charge in [-0.25, -0.2) is 0 Å². The molecule has 2 rings (SSSR count). The molecular weight excluding hydrogens is 216 g/mol. The molecular formula is C13H14N2O2. The number of benzene rings is 1. The molecule has 0 aliphatic rings. The highest BCUT2D eigenvalue weighted by Crippen LogP contribution is 2.18. The predicted molar refractivity (Wildman–Crippen MR) is 65.5 cm³/mol. The lowest BCUT2D eigenvalue weighted by Crippen LogP contribution is -2.10. The number of nitrogens with zero attached hydrogens (tertiary/aromatic N) is 1. The number of nitrogens with one attached hydrogen (secondary N) is 1. The van der Waals surface area contributed by atoms with E-state index in [1.807, 2.05) is 38.1 Å². The van der Waals surface area contributed by atoms with Gasteiger partial charge >= 0.3 is 0 Å². The lowest BCUT2D eigenvalue weighted by atomic mass is 10.2. The van der Waals surface area contributed by atoms with E-state index >= 15 is 0 Å². The Morgan fingerprint density at radius 1 is 1.29 bits per heavy atom. The number of aryl methyl sites for hydroxylation is 2. The van der Waals surface area contributed by atoms with Crippen LogP contribution >= 0.6 is 0 Å². The van der Waals surface area contributed by atoms with Crippen molar-refractivity contribution < 1.29 is 4.74 Å². The maximum Gasteiger partial charge on any atom is 0.254 e. The molecule has 4 heteroatoms. The number of aromatic nitrogens is 2. The molecule has 0 spiro atoms. The third-order valence-corrected chi connectivity index (χ3v) is 2.35. The van der Waals surface area contributed by atoms with Crippen molar-refractivity contribution in [1.82, 2.24) is 9.97 Å². The van der Waals surface area contributed by atoms with Crippen LogP contribution in [0.5, 0.6) is 11.6 Å². The number of hydrogen-bond donors (Lipinski definition) is 1. The van der Waals surface area contributed by atoms with Gasteiger partial charge in [0, 0.05) is 6.42 Å². The van der Waals surface area contributed by atoms with Crippen LogP contribution in [0.15, 0.2) is 35.1 Å². The normalized spacial score (nSPS) is 10.2. The fourth-order valence-electron chi connectivity index (χ4n) is 1.43. The van der Waals surface area contributed by atoms with E-state index in [0.717, 1.165) is 5.56 Å². The average Bonchev–Trinajstić information content (AvgIpc) is 2.31. The summed E-state index contributed by atoms with van der Waals surface area (Å²) in [6.07, 6.45) is 0.667. The fraction of sp³-hybridized carbons (Fsp3) is 0.231. The van der Waals surface area contributed by atoms with E-state index in [1.165, 1.54) is 6.07 Å².